The molecule has 0 fully saturated rings. The lowest BCUT2D eigenvalue weighted by molar-refractivity contribution is -0.137. The van der Waals surface area contributed by atoms with Crippen LogP contribution in [-0.2, 0) is 10.9 Å². The van der Waals surface area contributed by atoms with E-state index >= 15 is 0 Å². The lowest BCUT2D eigenvalue weighted by Gasteiger charge is -2.12. The molecule has 0 spiro atoms. The molecule has 0 bridgehead atoms. The number of aromatic nitrogens is 1. The quantitative estimate of drug-likeness (QED) is 0.406. The van der Waals surface area contributed by atoms with Crippen LogP contribution in [0.25, 0.3) is 0 Å². The van der Waals surface area contributed by atoms with E-state index in [1.54, 1.807) is 7.05 Å². The average Bonchev–Trinajstić information content (AvgIpc) is 2.56. The Kier molecular flexibility index (Phi) is 8.92. The number of pyridine rings is 1. The largest absolute Gasteiger partial charge is 0.476 e. The van der Waals surface area contributed by atoms with Crippen molar-refractivity contribution >= 4 is 5.96 Å². The summed E-state index contributed by atoms with van der Waals surface area (Å²) in [4.78, 5) is 7.68. The number of ether oxygens (including phenoxy) is 2. The van der Waals surface area contributed by atoms with Gasteiger partial charge in [0.1, 0.15) is 6.61 Å². The maximum Gasteiger partial charge on any atom is 0.417 e. The van der Waals surface area contributed by atoms with Crippen LogP contribution in [0.4, 0.5) is 13.2 Å². The van der Waals surface area contributed by atoms with Crippen molar-refractivity contribution in [1.29, 1.82) is 0 Å². The molecule has 1 heterocycles. The van der Waals surface area contributed by atoms with Gasteiger partial charge in [-0.15, -0.1) is 0 Å². The maximum absolute atomic E-state index is 12.4. The Morgan fingerprint density at radius 1 is 1.21 bits per heavy atom. The van der Waals surface area contributed by atoms with Crippen molar-refractivity contribution in [3.8, 4) is 5.88 Å². The molecular formula is C15H23F3N4O2. The van der Waals surface area contributed by atoms with Crippen LogP contribution >= 0.6 is 0 Å². The normalized spacial score (nSPS) is 12.1. The summed E-state index contributed by atoms with van der Waals surface area (Å²) in [6.45, 7) is 4.73. The summed E-state index contributed by atoms with van der Waals surface area (Å²) in [6, 6.07) is 2.14. The second-order valence-corrected chi connectivity index (χ2v) is 4.71. The molecule has 0 amide bonds. The summed E-state index contributed by atoms with van der Waals surface area (Å²) < 4.78 is 47.7. The van der Waals surface area contributed by atoms with Gasteiger partial charge in [-0.05, 0) is 19.4 Å². The smallest absolute Gasteiger partial charge is 0.417 e. The van der Waals surface area contributed by atoms with Gasteiger partial charge in [0.25, 0.3) is 0 Å². The molecule has 0 saturated carbocycles. The molecule has 0 aromatic carbocycles. The molecule has 2 N–H and O–H groups in total. The van der Waals surface area contributed by atoms with Gasteiger partial charge < -0.3 is 20.1 Å². The minimum absolute atomic E-state index is 0.143. The van der Waals surface area contributed by atoms with Gasteiger partial charge in [0.15, 0.2) is 5.96 Å². The molecule has 6 nitrogen and oxygen atoms in total. The van der Waals surface area contributed by atoms with Crippen LogP contribution in [0.15, 0.2) is 23.3 Å². The Labute approximate surface area is 139 Å². The van der Waals surface area contributed by atoms with Crippen molar-refractivity contribution in [2.45, 2.75) is 19.5 Å². The third-order valence-electron chi connectivity index (χ3n) is 2.89. The predicted molar refractivity (Wildman–Crippen MR) is 85.2 cm³/mol. The van der Waals surface area contributed by atoms with Crippen molar-refractivity contribution in [2.75, 3.05) is 40.0 Å². The van der Waals surface area contributed by atoms with Crippen molar-refractivity contribution in [3.63, 3.8) is 0 Å². The number of hydrogen-bond acceptors (Lipinski definition) is 4. The molecule has 0 aliphatic rings. The number of nitrogens with one attached hydrogen (secondary N) is 2. The van der Waals surface area contributed by atoms with Gasteiger partial charge >= 0.3 is 6.18 Å². The van der Waals surface area contributed by atoms with Crippen LogP contribution < -0.4 is 15.4 Å². The molecule has 0 atom stereocenters. The molecular weight excluding hydrogens is 325 g/mol. The van der Waals surface area contributed by atoms with Gasteiger partial charge in [0.05, 0.1) is 12.1 Å². The fourth-order valence-electron chi connectivity index (χ4n) is 1.70. The fraction of sp³-hybridized carbons (Fsp3) is 0.600. The standard InChI is InChI=1S/C15H23F3N4O2/c1-3-23-9-4-7-20-14(19-2)21-8-10-24-13-6-5-12(11-22-13)15(16,17)18/h5-6,11H,3-4,7-10H2,1-2H3,(H2,19,20,21). The highest BCUT2D eigenvalue weighted by atomic mass is 19.4. The maximum atomic E-state index is 12.4. The molecule has 0 saturated heterocycles. The number of alkyl halides is 3. The molecule has 0 radical (unpaired) electrons. The van der Waals surface area contributed by atoms with Gasteiger partial charge in [-0.3, -0.25) is 4.99 Å². The van der Waals surface area contributed by atoms with Gasteiger partial charge in [0, 0.05) is 39.1 Å². The van der Waals surface area contributed by atoms with Crippen molar-refractivity contribution in [1.82, 2.24) is 15.6 Å². The lowest BCUT2D eigenvalue weighted by Crippen LogP contribution is -2.39. The number of halogens is 3. The molecule has 0 aliphatic carbocycles. The topological polar surface area (TPSA) is 67.8 Å². The van der Waals surface area contributed by atoms with Crippen LogP contribution in [0.2, 0.25) is 0 Å². The highest BCUT2D eigenvalue weighted by Gasteiger charge is 2.30. The first-order chi connectivity index (χ1) is 11.5. The fourth-order valence-corrected chi connectivity index (χ4v) is 1.70. The van der Waals surface area contributed by atoms with E-state index in [-0.39, 0.29) is 12.5 Å². The van der Waals surface area contributed by atoms with Crippen molar-refractivity contribution in [3.05, 3.63) is 23.9 Å². The zero-order valence-electron chi connectivity index (χ0n) is 13.8. The van der Waals surface area contributed by atoms with Crippen LogP contribution in [-0.4, -0.2) is 50.9 Å². The zero-order chi connectivity index (χ0) is 17.8. The first-order valence-corrected chi connectivity index (χ1v) is 7.65. The van der Waals surface area contributed by atoms with Crippen molar-refractivity contribution in [2.24, 2.45) is 4.99 Å². The second kappa shape index (κ2) is 10.7. The van der Waals surface area contributed by atoms with Gasteiger partial charge in [0.2, 0.25) is 5.88 Å². The van der Waals surface area contributed by atoms with Gasteiger partial charge in [-0.25, -0.2) is 4.98 Å². The third-order valence-corrected chi connectivity index (χ3v) is 2.89. The second-order valence-electron chi connectivity index (χ2n) is 4.71. The summed E-state index contributed by atoms with van der Waals surface area (Å²) in [7, 11) is 1.65. The van der Waals surface area contributed by atoms with Gasteiger partial charge in [-0.2, -0.15) is 13.2 Å². The molecule has 1 rings (SSSR count). The SMILES string of the molecule is CCOCCCNC(=NC)NCCOc1ccc(C(F)(F)F)cn1. The minimum Gasteiger partial charge on any atom is -0.476 e. The molecule has 9 heteroatoms. The third kappa shape index (κ3) is 8.00. The highest BCUT2D eigenvalue weighted by molar-refractivity contribution is 5.79. The summed E-state index contributed by atoms with van der Waals surface area (Å²) in [5.74, 6) is 0.764. The number of guanidine groups is 1. The molecule has 1 aromatic rings. The number of aliphatic imine (C=N–C) groups is 1. The number of nitrogens with zero attached hydrogens (tertiary/aromatic N) is 2. The molecule has 0 unspecified atom stereocenters. The van der Waals surface area contributed by atoms with E-state index in [1.807, 2.05) is 6.92 Å². The molecule has 136 valence electrons. The Balaban J connectivity index is 2.22. The molecule has 1 aromatic heterocycles. The monoisotopic (exact) mass is 348 g/mol. The van der Waals surface area contributed by atoms with Crippen LogP contribution in [0, 0.1) is 0 Å². The Morgan fingerprint density at radius 2 is 1.96 bits per heavy atom. The summed E-state index contributed by atoms with van der Waals surface area (Å²) >= 11 is 0. The van der Waals surface area contributed by atoms with E-state index in [1.165, 1.54) is 6.07 Å². The summed E-state index contributed by atoms with van der Waals surface area (Å²) in [5.41, 5.74) is -0.801. The Hall–Kier alpha value is -2.03. The van der Waals surface area contributed by atoms with Gasteiger partial charge in [-0.1, -0.05) is 0 Å². The van der Waals surface area contributed by atoms with E-state index in [0.717, 1.165) is 25.2 Å². The van der Waals surface area contributed by atoms with Crippen molar-refractivity contribution < 1.29 is 22.6 Å². The van der Waals surface area contributed by atoms with E-state index in [4.69, 9.17) is 9.47 Å². The predicted octanol–water partition coefficient (Wildman–Crippen LogP) is 2.07. The first-order valence-electron chi connectivity index (χ1n) is 7.65. The lowest BCUT2D eigenvalue weighted by atomic mass is 10.3. The van der Waals surface area contributed by atoms with E-state index in [2.05, 4.69) is 20.6 Å². The zero-order valence-corrected chi connectivity index (χ0v) is 13.8. The average molecular weight is 348 g/mol. The van der Waals surface area contributed by atoms with E-state index < -0.39 is 11.7 Å². The Morgan fingerprint density at radius 3 is 2.54 bits per heavy atom. The van der Waals surface area contributed by atoms with Crippen LogP contribution in [0.3, 0.4) is 0 Å². The Bertz CT molecular complexity index is 492. The number of hydrogen-bond donors (Lipinski definition) is 2. The molecule has 0 aliphatic heterocycles. The summed E-state index contributed by atoms with van der Waals surface area (Å²) in [5, 5.41) is 6.15. The first kappa shape index (κ1) is 20.0. The summed E-state index contributed by atoms with van der Waals surface area (Å²) in [6.07, 6.45) is -2.78. The van der Waals surface area contributed by atoms with Crippen LogP contribution in [0.1, 0.15) is 18.9 Å². The highest BCUT2D eigenvalue weighted by Crippen LogP contribution is 2.29. The van der Waals surface area contributed by atoms with Crippen LogP contribution in [0.5, 0.6) is 5.88 Å². The van der Waals surface area contributed by atoms with E-state index in [9.17, 15) is 13.2 Å². The minimum atomic E-state index is -4.40. The molecule has 24 heavy (non-hydrogen) atoms. The number of rotatable bonds is 9. The van der Waals surface area contributed by atoms with E-state index in [0.29, 0.717) is 25.7 Å².